The molecule has 1 amide bonds. The van der Waals surface area contributed by atoms with Gasteiger partial charge in [-0.2, -0.15) is 0 Å². The Balaban J connectivity index is 2.11. The average Bonchev–Trinajstić information content (AvgIpc) is 2.93. The molecule has 0 aromatic heterocycles. The van der Waals surface area contributed by atoms with Crippen molar-refractivity contribution in [2.75, 3.05) is 12.0 Å². The fourth-order valence-electron chi connectivity index (χ4n) is 3.10. The predicted octanol–water partition coefficient (Wildman–Crippen LogP) is 2.88. The van der Waals surface area contributed by atoms with Gasteiger partial charge in [0.05, 0.1) is 24.3 Å². The van der Waals surface area contributed by atoms with E-state index in [0.717, 1.165) is 0 Å². The number of nitrogens with zero attached hydrogens (tertiary/aromatic N) is 1. The average molecular weight is 367 g/mol. The van der Waals surface area contributed by atoms with Crippen LogP contribution in [0.3, 0.4) is 0 Å². The van der Waals surface area contributed by atoms with E-state index in [4.69, 9.17) is 9.84 Å². The number of anilines is 1. The topological polar surface area (TPSA) is 104 Å². The fourth-order valence-corrected chi connectivity index (χ4v) is 3.10. The highest BCUT2D eigenvalue weighted by Crippen LogP contribution is 2.41. The van der Waals surface area contributed by atoms with Gasteiger partial charge in [0, 0.05) is 5.69 Å². The van der Waals surface area contributed by atoms with Crippen molar-refractivity contribution in [1.29, 1.82) is 0 Å². The summed E-state index contributed by atoms with van der Waals surface area (Å²) in [5.41, 5.74) is 1.04. The van der Waals surface area contributed by atoms with Gasteiger partial charge in [0.2, 0.25) is 0 Å². The zero-order chi connectivity index (χ0) is 19.7. The lowest BCUT2D eigenvalue weighted by Gasteiger charge is -2.27. The number of amides is 1. The SMILES string of the molecule is COc1ccc([C@H]2C(C(C)=O)=C(O)C(=O)N2c2ccc(C(=O)O)cc2)cc1. The third-order valence-corrected chi connectivity index (χ3v) is 4.41. The van der Waals surface area contributed by atoms with Crippen LogP contribution in [0.4, 0.5) is 5.69 Å². The highest BCUT2D eigenvalue weighted by molar-refractivity contribution is 6.16. The van der Waals surface area contributed by atoms with Gasteiger partial charge < -0.3 is 14.9 Å². The molecule has 0 bridgehead atoms. The summed E-state index contributed by atoms with van der Waals surface area (Å²) in [7, 11) is 1.52. The Morgan fingerprint density at radius 3 is 2.11 bits per heavy atom. The molecule has 0 unspecified atom stereocenters. The lowest BCUT2D eigenvalue weighted by molar-refractivity contribution is -0.117. The number of methoxy groups -OCH3 is 1. The van der Waals surface area contributed by atoms with E-state index in [9.17, 15) is 19.5 Å². The van der Waals surface area contributed by atoms with Gasteiger partial charge in [-0.3, -0.25) is 14.5 Å². The molecular weight excluding hydrogens is 350 g/mol. The molecule has 0 saturated carbocycles. The van der Waals surface area contributed by atoms with Crippen LogP contribution in [0.25, 0.3) is 0 Å². The van der Waals surface area contributed by atoms with E-state index in [1.807, 2.05) is 0 Å². The fraction of sp³-hybridized carbons (Fsp3) is 0.150. The monoisotopic (exact) mass is 367 g/mol. The second-order valence-corrected chi connectivity index (χ2v) is 6.02. The standard InChI is InChI=1S/C20H17NO6/c1-11(22)16-17(12-5-9-15(27-2)10-6-12)21(19(24)18(16)23)14-7-3-13(4-8-14)20(25)26/h3-10,17,23H,1-2H3,(H,25,26)/t17-/m0/s1. The Morgan fingerprint density at radius 2 is 1.63 bits per heavy atom. The molecule has 0 spiro atoms. The molecule has 1 aliphatic heterocycles. The predicted molar refractivity (Wildman–Crippen MR) is 97.0 cm³/mol. The van der Waals surface area contributed by atoms with Crippen molar-refractivity contribution in [2.24, 2.45) is 0 Å². The molecule has 7 heteroatoms. The number of aromatic carboxylic acids is 1. The van der Waals surface area contributed by atoms with Crippen LogP contribution in [-0.4, -0.2) is 35.0 Å². The van der Waals surface area contributed by atoms with Crippen molar-refractivity contribution in [3.63, 3.8) is 0 Å². The van der Waals surface area contributed by atoms with Crippen LogP contribution in [-0.2, 0) is 9.59 Å². The molecule has 1 atom stereocenters. The number of aliphatic hydroxyl groups excluding tert-OH is 1. The molecule has 1 aliphatic rings. The molecule has 138 valence electrons. The highest BCUT2D eigenvalue weighted by atomic mass is 16.5. The summed E-state index contributed by atoms with van der Waals surface area (Å²) >= 11 is 0. The third-order valence-electron chi connectivity index (χ3n) is 4.41. The summed E-state index contributed by atoms with van der Waals surface area (Å²) in [4.78, 5) is 37.1. The van der Waals surface area contributed by atoms with Crippen molar-refractivity contribution in [2.45, 2.75) is 13.0 Å². The van der Waals surface area contributed by atoms with Gasteiger partial charge in [0.15, 0.2) is 11.5 Å². The van der Waals surface area contributed by atoms with Gasteiger partial charge in [-0.15, -0.1) is 0 Å². The van der Waals surface area contributed by atoms with Crippen molar-refractivity contribution in [1.82, 2.24) is 0 Å². The van der Waals surface area contributed by atoms with Crippen LogP contribution in [0.5, 0.6) is 5.75 Å². The Morgan fingerprint density at radius 1 is 1.04 bits per heavy atom. The lowest BCUT2D eigenvalue weighted by Crippen LogP contribution is -2.30. The summed E-state index contributed by atoms with van der Waals surface area (Å²) in [6.07, 6.45) is 0. The maximum absolute atomic E-state index is 12.7. The molecule has 1 heterocycles. The first-order chi connectivity index (χ1) is 12.8. The zero-order valence-electron chi connectivity index (χ0n) is 14.7. The second-order valence-electron chi connectivity index (χ2n) is 6.02. The molecule has 2 aromatic carbocycles. The Labute approximate surface area is 155 Å². The number of Topliss-reactive ketones (excluding diaryl/α,β-unsaturated/α-hetero) is 1. The van der Waals surface area contributed by atoms with Gasteiger partial charge in [-0.1, -0.05) is 12.1 Å². The normalized spacial score (nSPS) is 16.6. The van der Waals surface area contributed by atoms with Crippen LogP contribution in [0, 0.1) is 0 Å². The molecule has 2 N–H and O–H groups in total. The molecule has 3 rings (SSSR count). The quantitative estimate of drug-likeness (QED) is 0.842. The van der Waals surface area contributed by atoms with Gasteiger partial charge in [-0.25, -0.2) is 4.79 Å². The highest BCUT2D eigenvalue weighted by Gasteiger charge is 2.43. The summed E-state index contributed by atoms with van der Waals surface area (Å²) in [6.45, 7) is 1.28. The number of ether oxygens (including phenoxy) is 1. The second kappa shape index (κ2) is 6.95. The molecule has 7 nitrogen and oxygen atoms in total. The lowest BCUT2D eigenvalue weighted by atomic mass is 9.96. The van der Waals surface area contributed by atoms with Crippen LogP contribution in [0.1, 0.15) is 28.9 Å². The van der Waals surface area contributed by atoms with Gasteiger partial charge in [0.1, 0.15) is 5.75 Å². The molecule has 27 heavy (non-hydrogen) atoms. The minimum Gasteiger partial charge on any atom is -0.503 e. The van der Waals surface area contributed by atoms with E-state index in [-0.39, 0.29) is 11.1 Å². The molecule has 0 aliphatic carbocycles. The number of carbonyl (C=O) groups excluding carboxylic acids is 2. The summed E-state index contributed by atoms with van der Waals surface area (Å²) in [6, 6.07) is 11.6. The maximum Gasteiger partial charge on any atom is 0.335 e. The Hall–Kier alpha value is -3.61. The number of aliphatic hydroxyl groups is 1. The largest absolute Gasteiger partial charge is 0.503 e. The van der Waals surface area contributed by atoms with Crippen molar-refractivity contribution in [3.8, 4) is 5.75 Å². The van der Waals surface area contributed by atoms with Crippen LogP contribution in [0.2, 0.25) is 0 Å². The molecule has 0 radical (unpaired) electrons. The van der Waals surface area contributed by atoms with E-state index in [1.165, 1.54) is 43.2 Å². The first kappa shape index (κ1) is 18.2. The number of hydrogen-bond donors (Lipinski definition) is 2. The number of hydrogen-bond acceptors (Lipinski definition) is 5. The number of benzene rings is 2. The number of carboxylic acid groups (broad SMARTS) is 1. The van der Waals surface area contributed by atoms with Crippen LogP contribution >= 0.6 is 0 Å². The molecule has 0 saturated heterocycles. The van der Waals surface area contributed by atoms with Crippen molar-refractivity contribution < 1.29 is 29.3 Å². The summed E-state index contributed by atoms with van der Waals surface area (Å²) in [5, 5.41) is 19.3. The number of carboxylic acids is 1. The van der Waals surface area contributed by atoms with E-state index < -0.39 is 29.5 Å². The third kappa shape index (κ3) is 3.15. The van der Waals surface area contributed by atoms with Crippen molar-refractivity contribution in [3.05, 3.63) is 71.0 Å². The minimum absolute atomic E-state index is 0.00696. The summed E-state index contributed by atoms with van der Waals surface area (Å²) in [5.74, 6) is -2.23. The van der Waals surface area contributed by atoms with Gasteiger partial charge in [-0.05, 0) is 48.9 Å². The van der Waals surface area contributed by atoms with Gasteiger partial charge >= 0.3 is 5.97 Å². The molecule has 0 fully saturated rings. The van der Waals surface area contributed by atoms with Gasteiger partial charge in [0.25, 0.3) is 5.91 Å². The summed E-state index contributed by atoms with van der Waals surface area (Å²) < 4.78 is 5.13. The van der Waals surface area contributed by atoms with Crippen molar-refractivity contribution >= 4 is 23.3 Å². The maximum atomic E-state index is 12.7. The minimum atomic E-state index is -1.09. The van der Waals surface area contributed by atoms with Crippen LogP contribution < -0.4 is 9.64 Å². The Bertz CT molecular complexity index is 943. The first-order valence-electron chi connectivity index (χ1n) is 8.10. The first-order valence-corrected chi connectivity index (χ1v) is 8.10. The number of carbonyl (C=O) groups is 3. The number of ketones is 1. The van der Waals surface area contributed by atoms with E-state index >= 15 is 0 Å². The van der Waals surface area contributed by atoms with E-state index in [1.54, 1.807) is 24.3 Å². The van der Waals surface area contributed by atoms with E-state index in [2.05, 4.69) is 0 Å². The number of rotatable bonds is 5. The Kier molecular flexibility index (Phi) is 4.68. The molecular formula is C20H17NO6. The molecule has 2 aromatic rings. The van der Waals surface area contributed by atoms with Crippen LogP contribution in [0.15, 0.2) is 59.9 Å². The van der Waals surface area contributed by atoms with E-state index in [0.29, 0.717) is 17.0 Å². The zero-order valence-corrected chi connectivity index (χ0v) is 14.7. The smallest absolute Gasteiger partial charge is 0.335 e.